The smallest absolute Gasteiger partial charge is 0.243 e. The van der Waals surface area contributed by atoms with Crippen LogP contribution in [0.3, 0.4) is 0 Å². The lowest BCUT2D eigenvalue weighted by Crippen LogP contribution is -2.32. The number of aromatic nitrogens is 5. The minimum absolute atomic E-state index is 0.134. The van der Waals surface area contributed by atoms with Gasteiger partial charge in [0.15, 0.2) is 5.76 Å². The van der Waals surface area contributed by atoms with Gasteiger partial charge in [-0.25, -0.2) is 12.9 Å². The molecule has 0 radical (unpaired) electrons. The van der Waals surface area contributed by atoms with Gasteiger partial charge >= 0.3 is 0 Å². The molecule has 0 aliphatic heterocycles. The van der Waals surface area contributed by atoms with Crippen LogP contribution in [0.1, 0.15) is 43.4 Å². The molecule has 0 saturated carbocycles. The SMILES string of the molecule is CCCc1cc(OC)c(-n2c(NS(=O)(=O)[C@@H](C)[C@@H](O)c3cccc4ccnn34)nnc2-c2ccc(C)o2)c(OC)c1. The van der Waals surface area contributed by atoms with Crippen molar-refractivity contribution in [2.45, 2.75) is 45.0 Å². The molecule has 13 heteroatoms. The highest BCUT2D eigenvalue weighted by Crippen LogP contribution is 2.40. The summed E-state index contributed by atoms with van der Waals surface area (Å²) in [6.45, 7) is 5.27. The van der Waals surface area contributed by atoms with E-state index >= 15 is 0 Å². The molecule has 0 fully saturated rings. The number of aliphatic hydroxyl groups excluding tert-OH is 1. The fourth-order valence-corrected chi connectivity index (χ4v) is 5.75. The molecule has 4 heterocycles. The second-order valence-electron chi connectivity index (χ2n) is 9.61. The highest BCUT2D eigenvalue weighted by atomic mass is 32.2. The number of pyridine rings is 1. The molecule has 1 aromatic carbocycles. The molecule has 216 valence electrons. The number of ether oxygens (including phenoxy) is 2. The van der Waals surface area contributed by atoms with Crippen molar-refractivity contribution in [2.24, 2.45) is 0 Å². The summed E-state index contributed by atoms with van der Waals surface area (Å²) >= 11 is 0. The van der Waals surface area contributed by atoms with Crippen LogP contribution in [0.2, 0.25) is 0 Å². The summed E-state index contributed by atoms with van der Waals surface area (Å²) in [6, 6.07) is 14.2. The molecule has 0 aliphatic carbocycles. The van der Waals surface area contributed by atoms with Crippen LogP contribution in [-0.2, 0) is 16.4 Å². The number of benzene rings is 1. The first-order valence-corrected chi connectivity index (χ1v) is 14.6. The van der Waals surface area contributed by atoms with Gasteiger partial charge in [-0.3, -0.25) is 9.29 Å². The zero-order valence-electron chi connectivity index (χ0n) is 23.4. The fraction of sp³-hybridized carbons (Fsp3) is 0.321. The Bertz CT molecular complexity index is 1770. The Kier molecular flexibility index (Phi) is 7.74. The van der Waals surface area contributed by atoms with Crippen LogP contribution in [0.4, 0.5) is 5.95 Å². The second kappa shape index (κ2) is 11.3. The number of aliphatic hydroxyl groups is 1. The summed E-state index contributed by atoms with van der Waals surface area (Å²) < 4.78 is 50.2. The third-order valence-corrected chi connectivity index (χ3v) is 8.55. The molecule has 2 N–H and O–H groups in total. The number of nitrogens with one attached hydrogen (secondary N) is 1. The summed E-state index contributed by atoms with van der Waals surface area (Å²) in [6.07, 6.45) is 1.87. The van der Waals surface area contributed by atoms with Crippen LogP contribution in [-0.4, -0.2) is 57.4 Å². The van der Waals surface area contributed by atoms with Crippen LogP contribution < -0.4 is 14.2 Å². The molecule has 12 nitrogen and oxygen atoms in total. The Hall–Kier alpha value is -4.36. The number of hydrogen-bond donors (Lipinski definition) is 2. The van der Waals surface area contributed by atoms with Gasteiger partial charge in [0, 0.05) is 6.20 Å². The average molecular weight is 581 g/mol. The Morgan fingerprint density at radius 1 is 1.07 bits per heavy atom. The Balaban J connectivity index is 1.62. The monoisotopic (exact) mass is 580 g/mol. The maximum atomic E-state index is 13.7. The van der Waals surface area contributed by atoms with Gasteiger partial charge in [0.1, 0.15) is 34.3 Å². The second-order valence-corrected chi connectivity index (χ2v) is 11.6. The molecule has 0 amide bonds. The third kappa shape index (κ3) is 5.25. The number of nitrogens with zero attached hydrogens (tertiary/aromatic N) is 5. The van der Waals surface area contributed by atoms with Gasteiger partial charge in [-0.2, -0.15) is 5.10 Å². The lowest BCUT2D eigenvalue weighted by atomic mass is 10.1. The van der Waals surface area contributed by atoms with E-state index in [1.807, 2.05) is 18.2 Å². The molecule has 0 unspecified atom stereocenters. The van der Waals surface area contributed by atoms with Crippen LogP contribution in [0, 0.1) is 6.92 Å². The molecule has 0 bridgehead atoms. The molecule has 0 saturated heterocycles. The van der Waals surface area contributed by atoms with E-state index in [2.05, 4.69) is 26.9 Å². The van der Waals surface area contributed by atoms with E-state index in [-0.39, 0.29) is 11.8 Å². The van der Waals surface area contributed by atoms with Crippen molar-refractivity contribution in [2.75, 3.05) is 18.9 Å². The average Bonchev–Trinajstić information content (AvgIpc) is 3.71. The molecular weight excluding hydrogens is 548 g/mol. The Morgan fingerprint density at radius 3 is 2.44 bits per heavy atom. The van der Waals surface area contributed by atoms with Gasteiger partial charge in [-0.15, -0.1) is 10.2 Å². The highest BCUT2D eigenvalue weighted by molar-refractivity contribution is 7.93. The van der Waals surface area contributed by atoms with Crippen molar-refractivity contribution in [1.82, 2.24) is 24.4 Å². The lowest BCUT2D eigenvalue weighted by molar-refractivity contribution is 0.168. The number of anilines is 1. The normalized spacial score (nSPS) is 13.3. The summed E-state index contributed by atoms with van der Waals surface area (Å²) in [5.74, 6) is 1.95. The largest absolute Gasteiger partial charge is 0.494 e. The molecule has 0 spiro atoms. The van der Waals surface area contributed by atoms with Crippen molar-refractivity contribution >= 4 is 21.5 Å². The third-order valence-electron chi connectivity index (χ3n) is 6.85. The van der Waals surface area contributed by atoms with Gasteiger partial charge in [0.25, 0.3) is 0 Å². The van der Waals surface area contributed by atoms with Crippen molar-refractivity contribution in [3.8, 4) is 28.8 Å². The van der Waals surface area contributed by atoms with E-state index in [4.69, 9.17) is 13.9 Å². The van der Waals surface area contributed by atoms with Gasteiger partial charge in [0.2, 0.25) is 21.8 Å². The molecule has 0 aliphatic rings. The summed E-state index contributed by atoms with van der Waals surface area (Å²) in [5.41, 5.74) is 2.42. The van der Waals surface area contributed by atoms with Gasteiger partial charge in [0.05, 0.1) is 25.4 Å². The van der Waals surface area contributed by atoms with Crippen LogP contribution in [0.5, 0.6) is 11.5 Å². The fourth-order valence-electron chi connectivity index (χ4n) is 4.70. The van der Waals surface area contributed by atoms with Crippen molar-refractivity contribution < 1.29 is 27.4 Å². The first kappa shape index (κ1) is 28.2. The number of hydrogen-bond acceptors (Lipinski definition) is 9. The number of furan rings is 1. The van der Waals surface area contributed by atoms with Crippen molar-refractivity contribution in [1.29, 1.82) is 0 Å². The zero-order chi connectivity index (χ0) is 29.3. The summed E-state index contributed by atoms with van der Waals surface area (Å²) in [4.78, 5) is 0. The number of rotatable bonds is 11. The first-order chi connectivity index (χ1) is 19.7. The molecule has 41 heavy (non-hydrogen) atoms. The van der Waals surface area contributed by atoms with Gasteiger partial charge in [-0.1, -0.05) is 19.4 Å². The predicted molar refractivity (Wildman–Crippen MR) is 153 cm³/mol. The molecule has 5 rings (SSSR count). The minimum atomic E-state index is -4.24. The first-order valence-electron chi connectivity index (χ1n) is 13.1. The van der Waals surface area contributed by atoms with Crippen LogP contribution in [0.25, 0.3) is 22.8 Å². The molecule has 5 aromatic rings. The maximum absolute atomic E-state index is 13.7. The maximum Gasteiger partial charge on any atom is 0.243 e. The number of aryl methyl sites for hydroxylation is 2. The highest BCUT2D eigenvalue weighted by Gasteiger charge is 2.34. The number of methoxy groups -OCH3 is 2. The molecular formula is C28H32N6O6S. The van der Waals surface area contributed by atoms with Crippen molar-refractivity contribution in [3.05, 3.63) is 71.7 Å². The number of sulfonamides is 1. The minimum Gasteiger partial charge on any atom is -0.494 e. The van der Waals surface area contributed by atoms with E-state index in [0.717, 1.165) is 23.9 Å². The molecule has 4 aromatic heterocycles. The standard InChI is InChI=1S/C28H32N6O6S/c1-6-8-19-15-23(38-4)25(24(16-19)39-5)33-27(22-12-11-17(2)40-22)30-31-28(33)32-41(36,37)18(3)26(35)21-10-7-9-20-13-14-29-34(20)21/h7,9-16,18,26,35H,6,8H2,1-5H3,(H,31,32)/t18-,26+/m0/s1. The van der Waals surface area contributed by atoms with E-state index in [9.17, 15) is 13.5 Å². The topological polar surface area (TPSA) is 146 Å². The van der Waals surface area contributed by atoms with Crippen LogP contribution in [0.15, 0.2) is 59.1 Å². The summed E-state index contributed by atoms with van der Waals surface area (Å²) in [7, 11) is -1.20. The Morgan fingerprint density at radius 2 is 1.80 bits per heavy atom. The Labute approximate surface area is 237 Å². The van der Waals surface area contributed by atoms with E-state index in [1.165, 1.54) is 30.2 Å². The van der Waals surface area contributed by atoms with Gasteiger partial charge in [-0.05, 0) is 68.3 Å². The van der Waals surface area contributed by atoms with E-state index in [0.29, 0.717) is 34.4 Å². The van der Waals surface area contributed by atoms with E-state index < -0.39 is 21.4 Å². The van der Waals surface area contributed by atoms with Crippen LogP contribution >= 0.6 is 0 Å². The number of fused-ring (bicyclic) bond motifs is 1. The zero-order valence-corrected chi connectivity index (χ0v) is 24.2. The van der Waals surface area contributed by atoms with Gasteiger partial charge < -0.3 is 19.0 Å². The predicted octanol–water partition coefficient (Wildman–Crippen LogP) is 4.32. The van der Waals surface area contributed by atoms with E-state index in [1.54, 1.807) is 43.5 Å². The molecule has 2 atom stereocenters. The summed E-state index contributed by atoms with van der Waals surface area (Å²) in [5, 5.41) is 22.5. The quantitative estimate of drug-likeness (QED) is 0.233. The lowest BCUT2D eigenvalue weighted by Gasteiger charge is -2.22. The van der Waals surface area contributed by atoms with Crippen molar-refractivity contribution in [3.63, 3.8) is 0 Å².